The van der Waals surface area contributed by atoms with Crippen LogP contribution < -0.4 is 0 Å². The van der Waals surface area contributed by atoms with Crippen LogP contribution in [-0.2, 0) is 13.5 Å². The molecule has 1 aliphatic rings. The van der Waals surface area contributed by atoms with Crippen LogP contribution in [0.4, 0.5) is 13.2 Å². The third-order valence-corrected chi connectivity index (χ3v) is 5.86. The lowest BCUT2D eigenvalue weighted by molar-refractivity contribution is 0.0676. The quantitative estimate of drug-likeness (QED) is 0.458. The number of hydrogen-bond acceptors (Lipinski definition) is 3. The number of rotatable bonds is 2. The first-order chi connectivity index (χ1) is 14.9. The zero-order valence-electron chi connectivity index (χ0n) is 16.8. The van der Waals surface area contributed by atoms with Crippen LogP contribution in [0.15, 0.2) is 43.0 Å². The van der Waals surface area contributed by atoms with Gasteiger partial charge in [0.05, 0.1) is 34.7 Å². The lowest BCUT2D eigenvalue weighted by Crippen LogP contribution is -2.38. The van der Waals surface area contributed by atoms with Crippen molar-refractivity contribution in [2.24, 2.45) is 7.05 Å². The molecule has 0 spiro atoms. The minimum atomic E-state index is -1.50. The van der Waals surface area contributed by atoms with Gasteiger partial charge in [0.1, 0.15) is 0 Å². The maximum absolute atomic E-state index is 13.8. The summed E-state index contributed by atoms with van der Waals surface area (Å²) in [5, 5.41) is 4.53. The number of benzene rings is 1. The number of nitrogens with zero attached hydrogens (tertiary/aromatic N) is 5. The molecule has 1 aromatic carbocycles. The van der Waals surface area contributed by atoms with Crippen molar-refractivity contribution in [3.05, 3.63) is 77.3 Å². The van der Waals surface area contributed by atoms with E-state index in [0.717, 1.165) is 17.7 Å². The van der Waals surface area contributed by atoms with E-state index in [1.165, 1.54) is 4.68 Å². The van der Waals surface area contributed by atoms with Crippen molar-refractivity contribution >= 4 is 11.4 Å². The minimum absolute atomic E-state index is 0.139. The Balaban J connectivity index is 1.53. The highest BCUT2D eigenvalue weighted by molar-refractivity contribution is 6.01. The van der Waals surface area contributed by atoms with Gasteiger partial charge in [0, 0.05) is 43.3 Å². The smallest absolute Gasteiger partial charge is 0.256 e. The molecule has 6 nitrogen and oxygen atoms in total. The standard InChI is InChI=1S/C22H18F3N5O/c1-12-20-15(21(28(2)27-20)13-9-16(23)19(25)17(24)10-13)4-7-30(12)22(31)14-3-6-29-8-5-26-11-18(14)29/h3,5-6,8-12H,4,7H2,1-2H3/t12-/m0/s1. The Morgan fingerprint density at radius 2 is 1.90 bits per heavy atom. The van der Waals surface area contributed by atoms with E-state index in [1.54, 1.807) is 42.8 Å². The highest BCUT2D eigenvalue weighted by Crippen LogP contribution is 2.37. The molecule has 3 aromatic heterocycles. The normalized spacial score (nSPS) is 16.0. The van der Waals surface area contributed by atoms with Gasteiger partial charge in [0.2, 0.25) is 0 Å². The van der Waals surface area contributed by atoms with Crippen LogP contribution in [0.25, 0.3) is 16.8 Å². The molecular formula is C22H18F3N5O. The van der Waals surface area contributed by atoms with E-state index in [-0.39, 0.29) is 17.5 Å². The van der Waals surface area contributed by atoms with E-state index in [1.807, 2.05) is 11.3 Å². The van der Waals surface area contributed by atoms with Crippen LogP contribution in [0.3, 0.4) is 0 Å². The van der Waals surface area contributed by atoms with E-state index in [0.29, 0.717) is 35.4 Å². The molecule has 1 aliphatic heterocycles. The third-order valence-electron chi connectivity index (χ3n) is 5.86. The average molecular weight is 425 g/mol. The van der Waals surface area contributed by atoms with Crippen LogP contribution in [-0.4, -0.2) is 36.5 Å². The Morgan fingerprint density at radius 1 is 1.16 bits per heavy atom. The maximum Gasteiger partial charge on any atom is 0.256 e. The summed E-state index contributed by atoms with van der Waals surface area (Å²) in [4.78, 5) is 19.1. The topological polar surface area (TPSA) is 55.4 Å². The van der Waals surface area contributed by atoms with Gasteiger partial charge >= 0.3 is 0 Å². The fourth-order valence-corrected chi connectivity index (χ4v) is 4.36. The van der Waals surface area contributed by atoms with Crippen molar-refractivity contribution < 1.29 is 18.0 Å². The fourth-order valence-electron chi connectivity index (χ4n) is 4.36. The van der Waals surface area contributed by atoms with Crippen molar-refractivity contribution in [3.8, 4) is 11.3 Å². The molecule has 1 atom stereocenters. The number of aromatic nitrogens is 4. The van der Waals surface area contributed by atoms with Crippen molar-refractivity contribution in [2.75, 3.05) is 6.54 Å². The zero-order valence-corrected chi connectivity index (χ0v) is 16.8. The first-order valence-electron chi connectivity index (χ1n) is 9.79. The summed E-state index contributed by atoms with van der Waals surface area (Å²) >= 11 is 0. The molecule has 4 aromatic rings. The van der Waals surface area contributed by atoms with Crippen LogP contribution >= 0.6 is 0 Å². The first kappa shape index (κ1) is 19.3. The fraction of sp³-hybridized carbons (Fsp3) is 0.227. The van der Waals surface area contributed by atoms with Gasteiger partial charge in [-0.15, -0.1) is 0 Å². The molecular weight excluding hydrogens is 407 g/mol. The van der Waals surface area contributed by atoms with Gasteiger partial charge in [-0.3, -0.25) is 14.5 Å². The maximum atomic E-state index is 13.8. The predicted molar refractivity (Wildman–Crippen MR) is 107 cm³/mol. The summed E-state index contributed by atoms with van der Waals surface area (Å²) in [5.41, 5.74) is 3.44. The molecule has 158 valence electrons. The summed E-state index contributed by atoms with van der Waals surface area (Å²) in [6.07, 6.45) is 7.33. The number of carbonyl (C=O) groups excluding carboxylic acids is 1. The van der Waals surface area contributed by atoms with Gasteiger partial charge in [-0.1, -0.05) is 0 Å². The van der Waals surface area contributed by atoms with E-state index >= 15 is 0 Å². The number of carbonyl (C=O) groups is 1. The SMILES string of the molecule is C[C@H]1c2nn(C)c(-c3cc(F)c(F)c(F)c3)c2CCN1C(=O)c1ccn2ccncc12. The number of fused-ring (bicyclic) bond motifs is 2. The molecule has 31 heavy (non-hydrogen) atoms. The lowest BCUT2D eigenvalue weighted by atomic mass is 9.95. The molecule has 0 unspecified atom stereocenters. The Morgan fingerprint density at radius 3 is 2.65 bits per heavy atom. The molecule has 4 heterocycles. The second-order valence-corrected chi connectivity index (χ2v) is 7.61. The molecule has 0 fully saturated rings. The molecule has 0 aliphatic carbocycles. The minimum Gasteiger partial charge on any atom is -0.330 e. The van der Waals surface area contributed by atoms with Crippen LogP contribution in [0.5, 0.6) is 0 Å². The van der Waals surface area contributed by atoms with Gasteiger partial charge < -0.3 is 9.30 Å². The number of aryl methyl sites for hydroxylation is 1. The van der Waals surface area contributed by atoms with E-state index in [2.05, 4.69) is 10.1 Å². The van der Waals surface area contributed by atoms with Crippen molar-refractivity contribution in [1.82, 2.24) is 24.1 Å². The van der Waals surface area contributed by atoms with E-state index < -0.39 is 17.5 Å². The Labute approximate surface area is 175 Å². The number of halogens is 3. The van der Waals surface area contributed by atoms with Gasteiger partial charge in [-0.25, -0.2) is 13.2 Å². The summed E-state index contributed by atoms with van der Waals surface area (Å²) in [7, 11) is 1.67. The first-order valence-corrected chi connectivity index (χ1v) is 9.79. The summed E-state index contributed by atoms with van der Waals surface area (Å²) < 4.78 is 44.4. The molecule has 0 radical (unpaired) electrons. The van der Waals surface area contributed by atoms with Crippen molar-refractivity contribution in [2.45, 2.75) is 19.4 Å². The van der Waals surface area contributed by atoms with Gasteiger partial charge in [-0.2, -0.15) is 5.10 Å². The van der Waals surface area contributed by atoms with E-state index in [4.69, 9.17) is 0 Å². The summed E-state index contributed by atoms with van der Waals surface area (Å²) in [5.74, 6) is -4.14. The zero-order chi connectivity index (χ0) is 21.9. The number of amides is 1. The van der Waals surface area contributed by atoms with Gasteiger partial charge in [0.15, 0.2) is 17.5 Å². The van der Waals surface area contributed by atoms with Gasteiger partial charge in [0.25, 0.3) is 5.91 Å². The Kier molecular flexibility index (Phi) is 4.35. The summed E-state index contributed by atoms with van der Waals surface area (Å²) in [6.45, 7) is 2.28. The monoisotopic (exact) mass is 425 g/mol. The molecule has 0 bridgehead atoms. The van der Waals surface area contributed by atoms with Gasteiger partial charge in [-0.05, 0) is 31.5 Å². The molecule has 5 rings (SSSR count). The lowest BCUT2D eigenvalue weighted by Gasteiger charge is -2.33. The molecule has 9 heteroatoms. The second-order valence-electron chi connectivity index (χ2n) is 7.61. The molecule has 1 amide bonds. The van der Waals surface area contributed by atoms with Crippen LogP contribution in [0.2, 0.25) is 0 Å². The average Bonchev–Trinajstić information content (AvgIpc) is 3.32. The van der Waals surface area contributed by atoms with E-state index in [9.17, 15) is 18.0 Å². The predicted octanol–water partition coefficient (Wildman–Crippen LogP) is 3.91. The van der Waals surface area contributed by atoms with Crippen LogP contribution in [0, 0.1) is 17.5 Å². The highest BCUT2D eigenvalue weighted by Gasteiger charge is 2.34. The summed E-state index contributed by atoms with van der Waals surface area (Å²) in [6, 6.07) is 3.35. The second kappa shape index (κ2) is 6.97. The Hall–Kier alpha value is -3.62. The molecule has 0 N–H and O–H groups in total. The largest absolute Gasteiger partial charge is 0.330 e. The molecule has 0 saturated carbocycles. The van der Waals surface area contributed by atoms with Crippen molar-refractivity contribution in [1.29, 1.82) is 0 Å². The van der Waals surface area contributed by atoms with Crippen LogP contribution in [0.1, 0.15) is 34.6 Å². The Bertz CT molecular complexity index is 1320. The third kappa shape index (κ3) is 2.91. The number of hydrogen-bond donors (Lipinski definition) is 0. The highest BCUT2D eigenvalue weighted by atomic mass is 19.2. The molecule has 0 saturated heterocycles. The van der Waals surface area contributed by atoms with Crippen molar-refractivity contribution in [3.63, 3.8) is 0 Å².